The van der Waals surface area contributed by atoms with Gasteiger partial charge in [0.15, 0.2) is 0 Å². The standard InChI is InChI=1S/C22H34O6/c1-4-26-5-6-27-7-8-28-22(25)20-16-10-15(19(20)21(23)24)17-13-9-14(18(16)17)12(3)11(13)2/h11-20H,4-10H2,1-3H3,(H,23,24). The van der Waals surface area contributed by atoms with Gasteiger partial charge in [-0.2, -0.15) is 0 Å². The van der Waals surface area contributed by atoms with Crippen LogP contribution >= 0.6 is 0 Å². The number of hydrogen-bond acceptors (Lipinski definition) is 5. The predicted molar refractivity (Wildman–Crippen MR) is 101 cm³/mol. The lowest BCUT2D eigenvalue weighted by molar-refractivity contribution is -0.165. The number of rotatable bonds is 9. The smallest absolute Gasteiger partial charge is 0.310 e. The first-order valence-corrected chi connectivity index (χ1v) is 11.0. The third-order valence-corrected chi connectivity index (χ3v) is 8.61. The lowest BCUT2D eigenvalue weighted by atomic mass is 9.59. The second kappa shape index (κ2) is 7.94. The molecule has 0 aromatic heterocycles. The number of aliphatic carboxylic acids is 1. The molecule has 28 heavy (non-hydrogen) atoms. The lowest BCUT2D eigenvalue weighted by Crippen LogP contribution is -2.47. The summed E-state index contributed by atoms with van der Waals surface area (Å²) in [5.74, 6) is 1.86. The van der Waals surface area contributed by atoms with Gasteiger partial charge in [0, 0.05) is 6.61 Å². The molecule has 4 rings (SSSR count). The molecule has 0 spiro atoms. The number of carbonyl (C=O) groups excluding carboxylic acids is 1. The van der Waals surface area contributed by atoms with Crippen molar-refractivity contribution in [2.75, 3.05) is 33.0 Å². The van der Waals surface area contributed by atoms with Gasteiger partial charge < -0.3 is 19.3 Å². The van der Waals surface area contributed by atoms with Gasteiger partial charge in [-0.25, -0.2) is 0 Å². The average molecular weight is 395 g/mol. The summed E-state index contributed by atoms with van der Waals surface area (Å²) in [4.78, 5) is 24.9. The summed E-state index contributed by atoms with van der Waals surface area (Å²) in [7, 11) is 0. The molecule has 4 aliphatic rings. The number of carboxylic acid groups (broad SMARTS) is 1. The van der Waals surface area contributed by atoms with Crippen LogP contribution in [0.1, 0.15) is 33.6 Å². The summed E-state index contributed by atoms with van der Waals surface area (Å²) in [6, 6.07) is 0. The summed E-state index contributed by atoms with van der Waals surface area (Å²) >= 11 is 0. The normalized spacial score (nSPS) is 45.4. The van der Waals surface area contributed by atoms with Crippen LogP contribution in [-0.4, -0.2) is 50.1 Å². The predicted octanol–water partition coefficient (Wildman–Crippen LogP) is 2.70. The Morgan fingerprint density at radius 3 is 1.96 bits per heavy atom. The van der Waals surface area contributed by atoms with Crippen LogP contribution in [0.25, 0.3) is 0 Å². The fourth-order valence-corrected chi connectivity index (χ4v) is 7.57. The topological polar surface area (TPSA) is 82.1 Å². The average Bonchev–Trinajstić information content (AvgIpc) is 3.39. The Bertz CT molecular complexity index is 606. The zero-order valence-electron chi connectivity index (χ0n) is 17.2. The molecule has 0 saturated heterocycles. The number of carboxylic acids is 1. The number of hydrogen-bond donors (Lipinski definition) is 1. The van der Waals surface area contributed by atoms with Crippen molar-refractivity contribution in [2.24, 2.45) is 59.2 Å². The maximum Gasteiger partial charge on any atom is 0.310 e. The van der Waals surface area contributed by atoms with Gasteiger partial charge in [-0.15, -0.1) is 0 Å². The first-order chi connectivity index (χ1) is 13.5. The molecule has 10 atom stereocenters. The monoisotopic (exact) mass is 394 g/mol. The number of esters is 1. The van der Waals surface area contributed by atoms with Crippen LogP contribution in [-0.2, 0) is 23.8 Å². The molecular weight excluding hydrogens is 360 g/mol. The van der Waals surface area contributed by atoms with E-state index in [1.54, 1.807) is 0 Å². The highest BCUT2D eigenvalue weighted by Crippen LogP contribution is 2.72. The zero-order chi connectivity index (χ0) is 20.0. The summed E-state index contributed by atoms with van der Waals surface area (Å²) < 4.78 is 16.1. The van der Waals surface area contributed by atoms with Gasteiger partial charge in [0.25, 0.3) is 0 Å². The number of ether oxygens (including phenoxy) is 3. The van der Waals surface area contributed by atoms with Crippen molar-refractivity contribution in [2.45, 2.75) is 33.6 Å². The van der Waals surface area contributed by atoms with E-state index in [1.165, 1.54) is 6.42 Å². The molecule has 4 saturated carbocycles. The Morgan fingerprint density at radius 1 is 0.821 bits per heavy atom. The van der Waals surface area contributed by atoms with E-state index < -0.39 is 17.8 Å². The minimum Gasteiger partial charge on any atom is -0.481 e. The summed E-state index contributed by atoms with van der Waals surface area (Å²) in [6.45, 7) is 8.77. The minimum atomic E-state index is -0.815. The second-order valence-electron chi connectivity index (χ2n) is 9.37. The Hall–Kier alpha value is -1.14. The largest absolute Gasteiger partial charge is 0.481 e. The third kappa shape index (κ3) is 3.07. The maximum absolute atomic E-state index is 12.9. The molecule has 4 bridgehead atoms. The van der Waals surface area contributed by atoms with E-state index in [2.05, 4.69) is 13.8 Å². The Balaban J connectivity index is 1.38. The molecule has 6 heteroatoms. The molecule has 4 aliphatic carbocycles. The van der Waals surface area contributed by atoms with E-state index in [9.17, 15) is 14.7 Å². The number of carbonyl (C=O) groups is 2. The van der Waals surface area contributed by atoms with Crippen molar-refractivity contribution < 1.29 is 28.9 Å². The van der Waals surface area contributed by atoms with Crippen molar-refractivity contribution in [3.63, 3.8) is 0 Å². The van der Waals surface area contributed by atoms with E-state index in [4.69, 9.17) is 14.2 Å². The van der Waals surface area contributed by atoms with Gasteiger partial charge in [0.1, 0.15) is 6.61 Å². The van der Waals surface area contributed by atoms with Gasteiger partial charge >= 0.3 is 11.9 Å². The summed E-state index contributed by atoms with van der Waals surface area (Å²) in [5.41, 5.74) is 0. The van der Waals surface area contributed by atoms with Crippen LogP contribution in [0, 0.1) is 59.2 Å². The second-order valence-corrected chi connectivity index (χ2v) is 9.37. The van der Waals surface area contributed by atoms with Gasteiger partial charge in [-0.1, -0.05) is 13.8 Å². The quantitative estimate of drug-likeness (QED) is 0.368. The molecule has 0 aliphatic heterocycles. The number of fused-ring (bicyclic) bond motifs is 9. The molecule has 0 heterocycles. The van der Waals surface area contributed by atoms with E-state index in [0.717, 1.165) is 6.42 Å². The SMILES string of the molecule is CCOCCOCCOC(=O)C1C2CC(C1C(=O)O)C1C3CC(C(C)C3C)C21. The van der Waals surface area contributed by atoms with E-state index >= 15 is 0 Å². The van der Waals surface area contributed by atoms with Crippen molar-refractivity contribution in [3.05, 3.63) is 0 Å². The van der Waals surface area contributed by atoms with E-state index in [-0.39, 0.29) is 24.4 Å². The molecule has 0 radical (unpaired) electrons. The van der Waals surface area contributed by atoms with Crippen LogP contribution < -0.4 is 0 Å². The zero-order valence-corrected chi connectivity index (χ0v) is 17.2. The first-order valence-electron chi connectivity index (χ1n) is 11.0. The van der Waals surface area contributed by atoms with Crippen LogP contribution in [0.15, 0.2) is 0 Å². The highest BCUT2D eigenvalue weighted by Gasteiger charge is 2.71. The van der Waals surface area contributed by atoms with E-state index in [1.807, 2.05) is 6.92 Å². The van der Waals surface area contributed by atoms with Gasteiger partial charge in [-0.3, -0.25) is 9.59 Å². The Kier molecular flexibility index (Phi) is 5.71. The highest BCUT2D eigenvalue weighted by molar-refractivity contribution is 5.83. The molecule has 158 valence electrons. The van der Waals surface area contributed by atoms with Gasteiger partial charge in [-0.05, 0) is 67.1 Å². The lowest BCUT2D eigenvalue weighted by Gasteiger charge is -2.45. The van der Waals surface area contributed by atoms with Crippen molar-refractivity contribution in [1.82, 2.24) is 0 Å². The molecule has 6 nitrogen and oxygen atoms in total. The first kappa shape index (κ1) is 20.1. The van der Waals surface area contributed by atoms with Crippen LogP contribution in [0.4, 0.5) is 0 Å². The van der Waals surface area contributed by atoms with Crippen LogP contribution in [0.2, 0.25) is 0 Å². The van der Waals surface area contributed by atoms with Crippen molar-refractivity contribution in [1.29, 1.82) is 0 Å². The Morgan fingerprint density at radius 2 is 1.36 bits per heavy atom. The maximum atomic E-state index is 12.9. The fraction of sp³-hybridized carbons (Fsp3) is 0.909. The van der Waals surface area contributed by atoms with Gasteiger partial charge in [0.05, 0.1) is 31.7 Å². The van der Waals surface area contributed by atoms with Crippen molar-refractivity contribution >= 4 is 11.9 Å². The highest BCUT2D eigenvalue weighted by atomic mass is 16.6. The minimum absolute atomic E-state index is 0.150. The fourth-order valence-electron chi connectivity index (χ4n) is 7.57. The molecule has 1 N–H and O–H groups in total. The molecule has 0 aromatic rings. The molecule has 0 aromatic carbocycles. The van der Waals surface area contributed by atoms with Crippen molar-refractivity contribution in [3.8, 4) is 0 Å². The molecule has 4 fully saturated rings. The van der Waals surface area contributed by atoms with E-state index in [0.29, 0.717) is 61.9 Å². The van der Waals surface area contributed by atoms with Crippen LogP contribution in [0.3, 0.4) is 0 Å². The molecule has 0 amide bonds. The Labute approximate surface area is 167 Å². The summed E-state index contributed by atoms with van der Waals surface area (Å²) in [5, 5.41) is 9.91. The molecular formula is C22H34O6. The summed E-state index contributed by atoms with van der Waals surface area (Å²) in [6.07, 6.45) is 2.12. The molecule has 10 unspecified atom stereocenters. The van der Waals surface area contributed by atoms with Gasteiger partial charge in [0.2, 0.25) is 0 Å². The van der Waals surface area contributed by atoms with Crippen LogP contribution in [0.5, 0.6) is 0 Å². The third-order valence-electron chi connectivity index (χ3n) is 8.61.